The molecule has 0 aromatic carbocycles. The van der Waals surface area contributed by atoms with Crippen LogP contribution in [0, 0.1) is 0 Å². The fourth-order valence-electron chi connectivity index (χ4n) is 3.89. The number of hydrogen-bond acceptors (Lipinski definition) is 4. The van der Waals surface area contributed by atoms with E-state index >= 15 is 0 Å². The van der Waals surface area contributed by atoms with E-state index in [1.54, 1.807) is 0 Å². The van der Waals surface area contributed by atoms with Crippen molar-refractivity contribution in [3.8, 4) is 0 Å². The highest BCUT2D eigenvalue weighted by atomic mass is 127. The number of aliphatic imine (C=N–C) groups is 1. The maximum absolute atomic E-state index is 4.76. The lowest BCUT2D eigenvalue weighted by molar-refractivity contribution is 0.0982. The first-order valence-corrected chi connectivity index (χ1v) is 10.3. The Bertz CT molecular complexity index is 605. The van der Waals surface area contributed by atoms with Crippen molar-refractivity contribution in [1.82, 2.24) is 30.3 Å². The zero-order chi connectivity index (χ0) is 18.4. The monoisotopic (exact) mass is 489 g/mol. The van der Waals surface area contributed by atoms with E-state index in [1.807, 2.05) is 0 Å². The van der Waals surface area contributed by atoms with Crippen molar-refractivity contribution in [1.29, 1.82) is 0 Å². The number of aromatic nitrogens is 3. The summed E-state index contributed by atoms with van der Waals surface area (Å²) in [6.07, 6.45) is 7.47. The second kappa shape index (κ2) is 10.6. The van der Waals surface area contributed by atoms with Crippen LogP contribution in [0.1, 0.15) is 64.5 Å². The Balaban J connectivity index is 0.00000261. The smallest absolute Gasteiger partial charge is 0.191 e. The minimum atomic E-state index is 0. The lowest BCUT2D eigenvalue weighted by atomic mass is 9.98. The van der Waals surface area contributed by atoms with E-state index in [0.29, 0.717) is 6.54 Å². The first-order chi connectivity index (χ1) is 12.6. The Morgan fingerprint density at radius 2 is 1.78 bits per heavy atom. The van der Waals surface area contributed by atoms with E-state index in [-0.39, 0.29) is 29.5 Å². The molecule has 0 aliphatic carbocycles. The summed E-state index contributed by atoms with van der Waals surface area (Å²) in [7, 11) is 0. The number of nitrogens with zero attached hydrogens (tertiary/aromatic N) is 5. The molecule has 0 unspecified atom stereocenters. The molecule has 0 spiro atoms. The summed E-state index contributed by atoms with van der Waals surface area (Å²) in [5, 5.41) is 15.6. The van der Waals surface area contributed by atoms with Gasteiger partial charge in [-0.15, -0.1) is 34.2 Å². The first kappa shape index (κ1) is 22.4. The normalized spacial score (nSPS) is 18.6. The quantitative estimate of drug-likeness (QED) is 0.365. The van der Waals surface area contributed by atoms with Crippen LogP contribution < -0.4 is 10.6 Å². The molecule has 2 aliphatic heterocycles. The van der Waals surface area contributed by atoms with Crippen molar-refractivity contribution in [2.45, 2.75) is 77.9 Å². The highest BCUT2D eigenvalue weighted by Gasteiger charge is 2.28. The van der Waals surface area contributed by atoms with Crippen LogP contribution in [-0.4, -0.2) is 57.3 Å². The third kappa shape index (κ3) is 6.04. The second-order valence-corrected chi connectivity index (χ2v) is 8.05. The topological polar surface area (TPSA) is 70.4 Å². The van der Waals surface area contributed by atoms with Crippen molar-refractivity contribution in [3.63, 3.8) is 0 Å². The maximum atomic E-state index is 4.76. The molecule has 1 aromatic rings. The third-order valence-electron chi connectivity index (χ3n) is 5.56. The van der Waals surface area contributed by atoms with Crippen molar-refractivity contribution < 1.29 is 0 Å². The molecule has 0 bridgehead atoms. The number of halogens is 1. The summed E-state index contributed by atoms with van der Waals surface area (Å²) in [6, 6.07) is 0. The van der Waals surface area contributed by atoms with Gasteiger partial charge in [0, 0.05) is 31.6 Å². The molecule has 1 saturated heterocycles. The van der Waals surface area contributed by atoms with E-state index in [2.05, 4.69) is 51.1 Å². The summed E-state index contributed by atoms with van der Waals surface area (Å²) >= 11 is 0. The Morgan fingerprint density at radius 1 is 1.04 bits per heavy atom. The minimum absolute atomic E-state index is 0. The van der Waals surface area contributed by atoms with E-state index in [1.165, 1.54) is 45.2 Å². The van der Waals surface area contributed by atoms with Crippen molar-refractivity contribution in [3.05, 3.63) is 11.6 Å². The number of piperidine rings is 1. The zero-order valence-corrected chi connectivity index (χ0v) is 19.5. The number of guanidine groups is 1. The van der Waals surface area contributed by atoms with Gasteiger partial charge in [0.2, 0.25) is 0 Å². The average molecular weight is 489 g/mol. The average Bonchev–Trinajstić information content (AvgIpc) is 3.08. The summed E-state index contributed by atoms with van der Waals surface area (Å²) in [4.78, 5) is 7.36. The summed E-state index contributed by atoms with van der Waals surface area (Å²) in [5.41, 5.74) is 0.130. The van der Waals surface area contributed by atoms with Gasteiger partial charge in [0.05, 0.1) is 0 Å². The van der Waals surface area contributed by atoms with Gasteiger partial charge in [0.25, 0.3) is 0 Å². The molecule has 2 N–H and O–H groups in total. The largest absolute Gasteiger partial charge is 0.357 e. The Morgan fingerprint density at radius 3 is 2.52 bits per heavy atom. The highest BCUT2D eigenvalue weighted by Crippen LogP contribution is 2.20. The fourth-order valence-corrected chi connectivity index (χ4v) is 3.89. The van der Waals surface area contributed by atoms with Crippen LogP contribution in [0.25, 0.3) is 0 Å². The van der Waals surface area contributed by atoms with E-state index in [0.717, 1.165) is 43.7 Å². The van der Waals surface area contributed by atoms with Gasteiger partial charge in [-0.2, -0.15) is 0 Å². The van der Waals surface area contributed by atoms with E-state index in [4.69, 9.17) is 4.99 Å². The predicted octanol–water partition coefficient (Wildman–Crippen LogP) is 2.55. The Hall–Kier alpha value is -0.900. The Kier molecular flexibility index (Phi) is 8.78. The van der Waals surface area contributed by atoms with Crippen LogP contribution in [0.3, 0.4) is 0 Å². The summed E-state index contributed by atoms with van der Waals surface area (Å²) in [5.74, 6) is 2.96. The first-order valence-electron chi connectivity index (χ1n) is 10.3. The highest BCUT2D eigenvalue weighted by molar-refractivity contribution is 14.0. The number of aryl methyl sites for hydroxylation is 1. The molecule has 0 amide bonds. The second-order valence-electron chi connectivity index (χ2n) is 8.05. The van der Waals surface area contributed by atoms with Crippen LogP contribution in [-0.2, 0) is 19.5 Å². The molecular weight excluding hydrogens is 453 g/mol. The van der Waals surface area contributed by atoms with Crippen molar-refractivity contribution in [2.75, 3.05) is 26.2 Å². The van der Waals surface area contributed by atoms with Crippen LogP contribution >= 0.6 is 24.0 Å². The van der Waals surface area contributed by atoms with Gasteiger partial charge in [0.15, 0.2) is 11.8 Å². The molecule has 0 saturated carbocycles. The molecule has 3 heterocycles. The number of rotatable bonds is 6. The number of hydrogen-bond donors (Lipinski definition) is 2. The number of nitrogens with one attached hydrogen (secondary N) is 2. The van der Waals surface area contributed by atoms with Gasteiger partial charge in [-0.1, -0.05) is 6.42 Å². The molecule has 27 heavy (non-hydrogen) atoms. The van der Waals surface area contributed by atoms with Crippen LogP contribution in [0.2, 0.25) is 0 Å². The zero-order valence-electron chi connectivity index (χ0n) is 17.1. The third-order valence-corrected chi connectivity index (χ3v) is 5.56. The molecule has 1 fully saturated rings. The van der Waals surface area contributed by atoms with Gasteiger partial charge in [0.1, 0.15) is 12.4 Å². The molecule has 1 aromatic heterocycles. The molecule has 3 rings (SSSR count). The van der Waals surface area contributed by atoms with E-state index < -0.39 is 0 Å². The molecule has 7 nitrogen and oxygen atoms in total. The van der Waals surface area contributed by atoms with Crippen molar-refractivity contribution in [2.24, 2.45) is 4.99 Å². The molecule has 0 radical (unpaired) electrons. The van der Waals surface area contributed by atoms with Crippen LogP contribution in [0.5, 0.6) is 0 Å². The molecule has 154 valence electrons. The summed E-state index contributed by atoms with van der Waals surface area (Å²) in [6.45, 7) is 12.5. The molecule has 0 atom stereocenters. The van der Waals surface area contributed by atoms with E-state index in [9.17, 15) is 0 Å². The number of likely N-dealkylation sites (tertiary alicyclic amines) is 1. The SMILES string of the molecule is CCNC(=NCc1nnc2n1CCCC2)NCC(C)(C)N1CCCCC1.I. The van der Waals surface area contributed by atoms with Crippen LogP contribution in [0.4, 0.5) is 0 Å². The molecule has 2 aliphatic rings. The van der Waals surface area contributed by atoms with Gasteiger partial charge in [-0.3, -0.25) is 4.90 Å². The number of fused-ring (bicyclic) bond motifs is 1. The van der Waals surface area contributed by atoms with Gasteiger partial charge >= 0.3 is 0 Å². The minimum Gasteiger partial charge on any atom is -0.357 e. The fraction of sp³-hybridized carbons (Fsp3) is 0.842. The Labute approximate surface area is 180 Å². The van der Waals surface area contributed by atoms with Gasteiger partial charge in [-0.05, 0) is 59.5 Å². The predicted molar refractivity (Wildman–Crippen MR) is 121 cm³/mol. The lowest BCUT2D eigenvalue weighted by Gasteiger charge is -2.41. The van der Waals surface area contributed by atoms with Gasteiger partial charge < -0.3 is 15.2 Å². The molecular formula is C19H36IN7. The van der Waals surface area contributed by atoms with Gasteiger partial charge in [-0.25, -0.2) is 4.99 Å². The lowest BCUT2D eigenvalue weighted by Crippen LogP contribution is -2.54. The molecule has 8 heteroatoms. The standard InChI is InChI=1S/C19H35N7.HI/c1-4-20-18(22-15-19(2,3)25-11-7-5-8-12-25)21-14-17-24-23-16-10-6-9-13-26(16)17;/h4-15H2,1-3H3,(H2,20,21,22);1H. The van der Waals surface area contributed by atoms with Crippen LogP contribution in [0.15, 0.2) is 4.99 Å². The summed E-state index contributed by atoms with van der Waals surface area (Å²) < 4.78 is 2.24. The van der Waals surface area contributed by atoms with Crippen molar-refractivity contribution >= 4 is 29.9 Å². The maximum Gasteiger partial charge on any atom is 0.191 e.